The van der Waals surface area contributed by atoms with Crippen LogP contribution in [0.1, 0.15) is 43.4 Å². The van der Waals surface area contributed by atoms with Crippen molar-refractivity contribution >= 4 is 35.8 Å². The van der Waals surface area contributed by atoms with Crippen molar-refractivity contribution in [1.29, 1.82) is 0 Å². The molecular formula is C24H33IN4O2. The Hall–Kier alpha value is -2.13. The molecule has 1 amide bonds. The van der Waals surface area contributed by atoms with Crippen LogP contribution in [0.4, 0.5) is 0 Å². The first kappa shape index (κ1) is 25.1. The lowest BCUT2D eigenvalue weighted by molar-refractivity contribution is -0.131. The fourth-order valence-electron chi connectivity index (χ4n) is 3.58. The van der Waals surface area contributed by atoms with Crippen molar-refractivity contribution in [3.63, 3.8) is 0 Å². The van der Waals surface area contributed by atoms with Crippen LogP contribution < -0.4 is 10.6 Å². The first-order chi connectivity index (χ1) is 14.5. The van der Waals surface area contributed by atoms with E-state index in [0.29, 0.717) is 32.0 Å². The summed E-state index contributed by atoms with van der Waals surface area (Å²) in [7, 11) is 0. The number of hydrogen-bond acceptors (Lipinski definition) is 3. The highest BCUT2D eigenvalue weighted by Crippen LogP contribution is 2.23. The molecule has 0 saturated carbocycles. The van der Waals surface area contributed by atoms with Crippen molar-refractivity contribution in [3.05, 3.63) is 71.3 Å². The summed E-state index contributed by atoms with van der Waals surface area (Å²) >= 11 is 0. The van der Waals surface area contributed by atoms with Gasteiger partial charge in [0.1, 0.15) is 5.60 Å². The van der Waals surface area contributed by atoms with Gasteiger partial charge in [0.25, 0.3) is 0 Å². The topological polar surface area (TPSA) is 77.0 Å². The van der Waals surface area contributed by atoms with E-state index in [9.17, 15) is 9.90 Å². The third-order valence-corrected chi connectivity index (χ3v) is 5.34. The van der Waals surface area contributed by atoms with E-state index in [-0.39, 0.29) is 36.4 Å². The maximum atomic E-state index is 12.5. The van der Waals surface area contributed by atoms with Gasteiger partial charge in [0.05, 0.1) is 6.54 Å². The Morgan fingerprint density at radius 1 is 1.06 bits per heavy atom. The van der Waals surface area contributed by atoms with E-state index in [0.717, 1.165) is 18.5 Å². The number of benzene rings is 2. The smallest absolute Gasteiger partial charge is 0.223 e. The van der Waals surface area contributed by atoms with Crippen LogP contribution in [0.25, 0.3) is 0 Å². The Morgan fingerprint density at radius 2 is 1.68 bits per heavy atom. The van der Waals surface area contributed by atoms with E-state index in [1.165, 1.54) is 11.1 Å². The average molecular weight is 536 g/mol. The maximum Gasteiger partial charge on any atom is 0.223 e. The summed E-state index contributed by atoms with van der Waals surface area (Å²) < 4.78 is 0. The van der Waals surface area contributed by atoms with Crippen molar-refractivity contribution < 1.29 is 9.90 Å². The van der Waals surface area contributed by atoms with Crippen LogP contribution in [0.15, 0.2) is 59.6 Å². The van der Waals surface area contributed by atoms with E-state index < -0.39 is 5.60 Å². The molecule has 0 aromatic heterocycles. The molecule has 2 aromatic carbocycles. The predicted octanol–water partition coefficient (Wildman–Crippen LogP) is 3.39. The summed E-state index contributed by atoms with van der Waals surface area (Å²) in [4.78, 5) is 19.0. The number of fused-ring (bicyclic) bond motifs is 1. The lowest BCUT2D eigenvalue weighted by Gasteiger charge is -2.22. The van der Waals surface area contributed by atoms with E-state index in [1.807, 2.05) is 54.3 Å². The molecule has 31 heavy (non-hydrogen) atoms. The normalized spacial score (nSPS) is 14.9. The van der Waals surface area contributed by atoms with E-state index in [2.05, 4.69) is 27.8 Å². The van der Waals surface area contributed by atoms with Gasteiger partial charge in [-0.3, -0.25) is 4.79 Å². The number of carbonyl (C=O) groups is 1. The molecule has 7 heteroatoms. The minimum absolute atomic E-state index is 0. The molecule has 0 saturated heterocycles. The molecule has 3 N–H and O–H groups in total. The second-order valence-corrected chi connectivity index (χ2v) is 7.88. The van der Waals surface area contributed by atoms with Crippen LogP contribution in [-0.2, 0) is 23.5 Å². The highest BCUT2D eigenvalue weighted by molar-refractivity contribution is 14.0. The van der Waals surface area contributed by atoms with Crippen LogP contribution in [0.2, 0.25) is 0 Å². The summed E-state index contributed by atoms with van der Waals surface area (Å²) in [5.74, 6) is 0.830. The summed E-state index contributed by atoms with van der Waals surface area (Å²) in [6.45, 7) is 6.80. The van der Waals surface area contributed by atoms with Gasteiger partial charge in [0.2, 0.25) is 5.91 Å². The molecule has 0 fully saturated rings. The van der Waals surface area contributed by atoms with E-state index in [4.69, 9.17) is 0 Å². The lowest BCUT2D eigenvalue weighted by Crippen LogP contribution is -2.39. The van der Waals surface area contributed by atoms with Gasteiger partial charge in [0, 0.05) is 32.6 Å². The zero-order valence-corrected chi connectivity index (χ0v) is 20.6. The Labute approximate surface area is 202 Å². The third kappa shape index (κ3) is 7.21. The molecule has 1 unspecified atom stereocenters. The average Bonchev–Trinajstić information content (AvgIpc) is 3.20. The lowest BCUT2D eigenvalue weighted by atomic mass is 9.96. The van der Waals surface area contributed by atoms with Gasteiger partial charge >= 0.3 is 0 Å². The number of carbonyl (C=O) groups excluding carboxylic acids is 1. The predicted molar refractivity (Wildman–Crippen MR) is 135 cm³/mol. The van der Waals surface area contributed by atoms with Gasteiger partial charge in [-0.15, -0.1) is 24.0 Å². The Kier molecular flexibility index (Phi) is 9.77. The van der Waals surface area contributed by atoms with Crippen molar-refractivity contribution in [3.8, 4) is 0 Å². The number of hydrogen-bond donors (Lipinski definition) is 3. The SMILES string of the molecule is CCNC(=NCC(C)(O)c1ccccc1)NCCCC(=O)N1Cc2ccccc2C1.I. The first-order valence-corrected chi connectivity index (χ1v) is 10.6. The van der Waals surface area contributed by atoms with Gasteiger partial charge < -0.3 is 20.6 Å². The molecule has 0 bridgehead atoms. The molecule has 0 spiro atoms. The highest BCUT2D eigenvalue weighted by Gasteiger charge is 2.23. The number of nitrogens with one attached hydrogen (secondary N) is 2. The number of guanidine groups is 1. The Morgan fingerprint density at radius 3 is 2.29 bits per heavy atom. The number of rotatable bonds is 8. The quantitative estimate of drug-likeness (QED) is 0.209. The monoisotopic (exact) mass is 536 g/mol. The van der Waals surface area contributed by atoms with Crippen LogP contribution in [-0.4, -0.2) is 41.5 Å². The van der Waals surface area contributed by atoms with Crippen LogP contribution in [0.5, 0.6) is 0 Å². The Bertz CT molecular complexity index is 846. The number of nitrogens with zero attached hydrogens (tertiary/aromatic N) is 2. The summed E-state index contributed by atoms with van der Waals surface area (Å²) in [5, 5.41) is 17.2. The van der Waals surface area contributed by atoms with E-state index in [1.54, 1.807) is 6.92 Å². The summed E-state index contributed by atoms with van der Waals surface area (Å²) in [5.41, 5.74) is 2.29. The van der Waals surface area contributed by atoms with Crippen LogP contribution >= 0.6 is 24.0 Å². The van der Waals surface area contributed by atoms with Gasteiger partial charge in [-0.2, -0.15) is 0 Å². The zero-order chi connectivity index (χ0) is 21.4. The number of aliphatic imine (C=N–C) groups is 1. The van der Waals surface area contributed by atoms with Gasteiger partial charge in [-0.05, 0) is 37.0 Å². The second kappa shape index (κ2) is 12.0. The third-order valence-electron chi connectivity index (χ3n) is 5.34. The fraction of sp³-hybridized carbons (Fsp3) is 0.417. The molecule has 0 aliphatic carbocycles. The second-order valence-electron chi connectivity index (χ2n) is 7.88. The van der Waals surface area contributed by atoms with Crippen LogP contribution in [0.3, 0.4) is 0 Å². The molecule has 3 rings (SSSR count). The van der Waals surface area contributed by atoms with Crippen molar-refractivity contribution in [1.82, 2.24) is 15.5 Å². The number of amides is 1. The van der Waals surface area contributed by atoms with Gasteiger partial charge in [-0.1, -0.05) is 54.6 Å². The minimum Gasteiger partial charge on any atom is -0.384 e. The molecule has 2 aromatic rings. The zero-order valence-electron chi connectivity index (χ0n) is 18.3. The van der Waals surface area contributed by atoms with Gasteiger partial charge in [-0.25, -0.2) is 4.99 Å². The summed E-state index contributed by atoms with van der Waals surface area (Å²) in [6, 6.07) is 17.8. The van der Waals surface area contributed by atoms with Gasteiger partial charge in [0.15, 0.2) is 5.96 Å². The minimum atomic E-state index is -1.04. The molecular weight excluding hydrogens is 503 g/mol. The molecule has 168 valence electrons. The van der Waals surface area contributed by atoms with Crippen molar-refractivity contribution in [2.45, 2.75) is 45.4 Å². The molecule has 1 heterocycles. The maximum absolute atomic E-state index is 12.5. The summed E-state index contributed by atoms with van der Waals surface area (Å²) in [6.07, 6.45) is 1.23. The largest absolute Gasteiger partial charge is 0.384 e. The van der Waals surface area contributed by atoms with Crippen molar-refractivity contribution in [2.75, 3.05) is 19.6 Å². The number of halogens is 1. The molecule has 6 nitrogen and oxygen atoms in total. The molecule has 1 aliphatic rings. The van der Waals surface area contributed by atoms with Crippen molar-refractivity contribution in [2.24, 2.45) is 4.99 Å². The Balaban J connectivity index is 0.00000341. The standard InChI is InChI=1S/C24H32N4O2.HI/c1-3-25-23(27-18-24(2,30)21-12-5-4-6-13-21)26-15-9-14-22(29)28-16-19-10-7-8-11-20(19)17-28;/h4-8,10-13,30H,3,9,14-18H2,1-2H3,(H2,25,26,27);1H. The first-order valence-electron chi connectivity index (χ1n) is 10.6. The van der Waals surface area contributed by atoms with E-state index >= 15 is 0 Å². The van der Waals surface area contributed by atoms with Crippen LogP contribution in [0, 0.1) is 0 Å². The number of aliphatic hydroxyl groups is 1. The molecule has 0 radical (unpaired) electrons. The molecule has 1 aliphatic heterocycles. The highest BCUT2D eigenvalue weighted by atomic mass is 127. The molecule has 1 atom stereocenters. The fourth-order valence-corrected chi connectivity index (χ4v) is 3.58.